The molecule has 1 unspecified atom stereocenters. The van der Waals surface area contributed by atoms with Crippen LogP contribution in [0.2, 0.25) is 0 Å². The molecule has 1 aromatic carbocycles. The molecule has 0 saturated heterocycles. The minimum atomic E-state index is 0.413. The Morgan fingerprint density at radius 3 is 2.42 bits per heavy atom. The number of benzene rings is 1. The molecule has 0 fully saturated rings. The lowest BCUT2D eigenvalue weighted by Gasteiger charge is -2.15. The zero-order chi connectivity index (χ0) is 14.3. The maximum Gasteiger partial charge on any atom is 0.0291 e. The van der Waals surface area contributed by atoms with Gasteiger partial charge >= 0.3 is 0 Å². The third-order valence-electron chi connectivity index (χ3n) is 3.03. The maximum atomic E-state index is 3.81. The summed E-state index contributed by atoms with van der Waals surface area (Å²) >= 11 is 1.69. The van der Waals surface area contributed by atoms with Crippen molar-refractivity contribution >= 4 is 16.7 Å². The molecule has 0 aliphatic rings. The lowest BCUT2D eigenvalue weighted by atomic mass is 10.0. The van der Waals surface area contributed by atoms with Crippen LogP contribution in [0.15, 0.2) is 41.8 Å². The van der Waals surface area contributed by atoms with Crippen molar-refractivity contribution in [1.29, 1.82) is 0 Å². The smallest absolute Gasteiger partial charge is 0.0291 e. The first-order chi connectivity index (χ1) is 9.10. The Bertz CT molecular complexity index is 427. The van der Waals surface area contributed by atoms with Gasteiger partial charge in [0.25, 0.3) is 0 Å². The molecule has 1 nitrogen and oxygen atoms in total. The van der Waals surface area contributed by atoms with E-state index in [4.69, 9.17) is 0 Å². The number of nitrogens with one attached hydrogen (secondary N) is 1. The van der Waals surface area contributed by atoms with Crippen molar-refractivity contribution in [3.63, 3.8) is 0 Å². The highest BCUT2D eigenvalue weighted by atomic mass is 32.2. The van der Waals surface area contributed by atoms with Crippen LogP contribution in [0.5, 0.6) is 0 Å². The predicted molar refractivity (Wildman–Crippen MR) is 89.2 cm³/mol. The van der Waals surface area contributed by atoms with Crippen molar-refractivity contribution in [1.82, 2.24) is 5.32 Å². The molecular formula is C17H25NS. The summed E-state index contributed by atoms with van der Waals surface area (Å²) in [5.41, 5.74) is 3.94. The quantitative estimate of drug-likeness (QED) is 0.717. The molecule has 0 amide bonds. The topological polar surface area (TPSA) is 12.0 Å². The first-order valence-corrected chi connectivity index (χ1v) is 7.76. The normalized spacial score (nSPS) is 12.0. The van der Waals surface area contributed by atoms with Gasteiger partial charge in [0, 0.05) is 10.9 Å². The van der Waals surface area contributed by atoms with Crippen LogP contribution in [0.25, 0.3) is 4.91 Å². The van der Waals surface area contributed by atoms with Crippen molar-refractivity contribution in [2.75, 3.05) is 6.54 Å². The minimum absolute atomic E-state index is 0.413. The Morgan fingerprint density at radius 2 is 1.95 bits per heavy atom. The fraction of sp³-hybridized carbons (Fsp3) is 0.412. The van der Waals surface area contributed by atoms with Gasteiger partial charge in [-0.3, -0.25) is 0 Å². The molecular weight excluding hydrogens is 250 g/mol. The van der Waals surface area contributed by atoms with Crippen molar-refractivity contribution in [2.45, 2.75) is 40.2 Å². The molecule has 0 bridgehead atoms. The van der Waals surface area contributed by atoms with Gasteiger partial charge in [-0.1, -0.05) is 55.1 Å². The number of rotatable bonds is 7. The van der Waals surface area contributed by atoms with E-state index in [1.807, 2.05) is 5.41 Å². The predicted octanol–water partition coefficient (Wildman–Crippen LogP) is 5.37. The van der Waals surface area contributed by atoms with Gasteiger partial charge in [-0.25, -0.2) is 0 Å². The number of hydrogen-bond acceptors (Lipinski definition) is 2. The van der Waals surface area contributed by atoms with Crippen LogP contribution in [-0.4, -0.2) is 6.54 Å². The minimum Gasteiger partial charge on any atom is -0.310 e. The van der Waals surface area contributed by atoms with E-state index in [2.05, 4.69) is 63.9 Å². The van der Waals surface area contributed by atoms with E-state index >= 15 is 0 Å². The summed E-state index contributed by atoms with van der Waals surface area (Å²) in [6.45, 7) is 13.6. The summed E-state index contributed by atoms with van der Waals surface area (Å²) in [6, 6.07) is 9.26. The molecule has 0 saturated carbocycles. The molecule has 104 valence electrons. The molecule has 2 heteroatoms. The van der Waals surface area contributed by atoms with Crippen molar-refractivity contribution < 1.29 is 0 Å². The average Bonchev–Trinajstić information content (AvgIpc) is 2.42. The second-order valence-electron chi connectivity index (χ2n) is 4.91. The first-order valence-electron chi connectivity index (χ1n) is 6.88. The number of thioether (sulfide) groups is 1. The van der Waals surface area contributed by atoms with E-state index in [1.54, 1.807) is 11.8 Å². The average molecular weight is 275 g/mol. The van der Waals surface area contributed by atoms with E-state index in [0.29, 0.717) is 6.04 Å². The van der Waals surface area contributed by atoms with Crippen molar-refractivity contribution in [3.05, 3.63) is 53.0 Å². The van der Waals surface area contributed by atoms with Gasteiger partial charge in [-0.05, 0) is 50.3 Å². The summed E-state index contributed by atoms with van der Waals surface area (Å²) in [5.74, 6) is 0. The standard InChI is InChI=1S/C17H25NS/c1-6-12-18-14(5)15-8-10-16(11-9-15)17(13(3)4)19-7-2/h7-11,14,18H,2,6,12H2,1,3-5H3. The number of hydrogen-bond donors (Lipinski definition) is 1. The highest BCUT2D eigenvalue weighted by Gasteiger charge is 2.06. The molecule has 0 spiro atoms. The second kappa shape index (κ2) is 8.23. The summed E-state index contributed by atoms with van der Waals surface area (Å²) < 4.78 is 0. The Morgan fingerprint density at radius 1 is 1.32 bits per heavy atom. The zero-order valence-electron chi connectivity index (χ0n) is 12.5. The Labute approximate surface area is 122 Å². The summed E-state index contributed by atoms with van der Waals surface area (Å²) in [6.07, 6.45) is 1.17. The summed E-state index contributed by atoms with van der Waals surface area (Å²) in [5, 5.41) is 5.40. The van der Waals surface area contributed by atoms with Crippen LogP contribution in [0.3, 0.4) is 0 Å². The summed E-state index contributed by atoms with van der Waals surface area (Å²) in [4.78, 5) is 1.30. The molecule has 0 radical (unpaired) electrons. The van der Waals surface area contributed by atoms with E-state index in [1.165, 1.54) is 28.0 Å². The molecule has 1 atom stereocenters. The van der Waals surface area contributed by atoms with Gasteiger partial charge in [0.1, 0.15) is 0 Å². The van der Waals surface area contributed by atoms with Gasteiger partial charge in [0.05, 0.1) is 0 Å². The third-order valence-corrected chi connectivity index (χ3v) is 4.08. The molecule has 0 aromatic heterocycles. The molecule has 1 rings (SSSR count). The van der Waals surface area contributed by atoms with Gasteiger partial charge in [0.15, 0.2) is 0 Å². The van der Waals surface area contributed by atoms with Gasteiger partial charge in [-0.15, -0.1) is 0 Å². The van der Waals surface area contributed by atoms with Crippen LogP contribution in [0.4, 0.5) is 0 Å². The van der Waals surface area contributed by atoms with Crippen LogP contribution < -0.4 is 5.32 Å². The Kier molecular flexibility index (Phi) is 6.96. The molecule has 0 heterocycles. The molecule has 19 heavy (non-hydrogen) atoms. The monoisotopic (exact) mass is 275 g/mol. The number of allylic oxidation sites excluding steroid dienone is 1. The molecule has 0 aliphatic heterocycles. The van der Waals surface area contributed by atoms with E-state index < -0.39 is 0 Å². The fourth-order valence-corrected chi connectivity index (χ4v) is 2.63. The lowest BCUT2D eigenvalue weighted by molar-refractivity contribution is 0.571. The van der Waals surface area contributed by atoms with Crippen LogP contribution >= 0.6 is 11.8 Å². The highest BCUT2D eigenvalue weighted by Crippen LogP contribution is 2.31. The fourth-order valence-electron chi connectivity index (χ4n) is 1.96. The van der Waals surface area contributed by atoms with Crippen LogP contribution in [-0.2, 0) is 0 Å². The third kappa shape index (κ3) is 4.88. The Hall–Kier alpha value is -0.990. The van der Waals surface area contributed by atoms with Gasteiger partial charge in [0.2, 0.25) is 0 Å². The SMILES string of the molecule is C=CSC(=C(C)C)c1ccc(C(C)NCCC)cc1. The molecule has 0 aliphatic carbocycles. The van der Waals surface area contributed by atoms with Gasteiger partial charge < -0.3 is 5.32 Å². The van der Waals surface area contributed by atoms with E-state index in [9.17, 15) is 0 Å². The van der Waals surface area contributed by atoms with Crippen LogP contribution in [0, 0.1) is 0 Å². The maximum absolute atomic E-state index is 3.81. The van der Waals surface area contributed by atoms with Crippen LogP contribution in [0.1, 0.15) is 51.3 Å². The summed E-state index contributed by atoms with van der Waals surface area (Å²) in [7, 11) is 0. The lowest BCUT2D eigenvalue weighted by Crippen LogP contribution is -2.19. The second-order valence-corrected chi connectivity index (χ2v) is 5.89. The first kappa shape index (κ1) is 16.1. The zero-order valence-corrected chi connectivity index (χ0v) is 13.3. The van der Waals surface area contributed by atoms with E-state index in [0.717, 1.165) is 6.54 Å². The van der Waals surface area contributed by atoms with Gasteiger partial charge in [-0.2, -0.15) is 0 Å². The van der Waals surface area contributed by atoms with Crippen molar-refractivity contribution in [2.24, 2.45) is 0 Å². The van der Waals surface area contributed by atoms with Crippen molar-refractivity contribution in [3.8, 4) is 0 Å². The highest BCUT2D eigenvalue weighted by molar-refractivity contribution is 8.10. The molecule has 1 N–H and O–H groups in total. The Balaban J connectivity index is 2.86. The molecule has 1 aromatic rings. The largest absolute Gasteiger partial charge is 0.310 e. The van der Waals surface area contributed by atoms with E-state index in [-0.39, 0.29) is 0 Å².